The molecule has 4 rings (SSSR count). The van der Waals surface area contributed by atoms with E-state index in [9.17, 15) is 14.7 Å². The second kappa shape index (κ2) is 4.31. The van der Waals surface area contributed by atoms with Crippen molar-refractivity contribution < 1.29 is 14.7 Å². The summed E-state index contributed by atoms with van der Waals surface area (Å²) in [7, 11) is 0. The number of carbonyl (C=O) groups excluding carboxylic acids is 1. The zero-order chi connectivity index (χ0) is 14.6. The summed E-state index contributed by atoms with van der Waals surface area (Å²) in [6, 6.07) is 5.47. The predicted molar refractivity (Wildman–Crippen MR) is 73.9 cm³/mol. The van der Waals surface area contributed by atoms with Crippen LogP contribution in [0.3, 0.4) is 0 Å². The first-order valence-electron chi connectivity index (χ1n) is 7.14. The lowest BCUT2D eigenvalue weighted by Gasteiger charge is -2.22. The van der Waals surface area contributed by atoms with Crippen LogP contribution in [0, 0.1) is 5.92 Å². The molecule has 2 aromatic rings. The van der Waals surface area contributed by atoms with Gasteiger partial charge in [0.25, 0.3) is 5.91 Å². The molecule has 6 heteroatoms. The molecule has 0 spiro atoms. The van der Waals surface area contributed by atoms with E-state index in [0.29, 0.717) is 12.0 Å². The SMILES string of the molecule is O=C(O)C1CC2CCC1N2C(=O)c1cnn2ccccc12. The summed E-state index contributed by atoms with van der Waals surface area (Å²) in [5, 5.41) is 13.5. The number of rotatable bonds is 2. The average Bonchev–Trinajstić information content (AvgIpc) is 3.18. The quantitative estimate of drug-likeness (QED) is 0.905. The Hall–Kier alpha value is -2.37. The Morgan fingerprint density at radius 3 is 2.90 bits per heavy atom. The molecule has 21 heavy (non-hydrogen) atoms. The van der Waals surface area contributed by atoms with Crippen LogP contribution >= 0.6 is 0 Å². The highest BCUT2D eigenvalue weighted by Gasteiger charge is 2.51. The number of pyridine rings is 1. The summed E-state index contributed by atoms with van der Waals surface area (Å²) in [5.41, 5.74) is 1.32. The fraction of sp³-hybridized carbons (Fsp3) is 0.400. The summed E-state index contributed by atoms with van der Waals surface area (Å²) < 4.78 is 1.67. The maximum absolute atomic E-state index is 12.8. The van der Waals surface area contributed by atoms with E-state index in [1.165, 1.54) is 0 Å². The second-order valence-corrected chi connectivity index (χ2v) is 5.78. The van der Waals surface area contributed by atoms with Gasteiger partial charge in [-0.25, -0.2) is 4.52 Å². The van der Waals surface area contributed by atoms with E-state index in [0.717, 1.165) is 18.4 Å². The molecular weight excluding hydrogens is 270 g/mol. The topological polar surface area (TPSA) is 74.9 Å². The van der Waals surface area contributed by atoms with E-state index >= 15 is 0 Å². The minimum atomic E-state index is -0.792. The van der Waals surface area contributed by atoms with Gasteiger partial charge >= 0.3 is 5.97 Å². The Labute approximate surface area is 121 Å². The third-order valence-corrected chi connectivity index (χ3v) is 4.75. The molecule has 3 unspecified atom stereocenters. The standard InChI is InChI=1S/C15H15N3O3/c19-14(11-8-16-17-6-2-1-3-12(11)17)18-9-4-5-13(18)10(7-9)15(20)21/h1-3,6,8-10,13H,4-5,7H2,(H,20,21). The average molecular weight is 285 g/mol. The molecule has 2 fully saturated rings. The lowest BCUT2D eigenvalue weighted by molar-refractivity contribution is -0.142. The molecule has 1 N–H and O–H groups in total. The van der Waals surface area contributed by atoms with Crippen molar-refractivity contribution in [1.82, 2.24) is 14.5 Å². The zero-order valence-electron chi connectivity index (χ0n) is 11.3. The van der Waals surface area contributed by atoms with Crippen molar-refractivity contribution in [1.29, 1.82) is 0 Å². The highest BCUT2D eigenvalue weighted by Crippen LogP contribution is 2.42. The van der Waals surface area contributed by atoms with Crippen LogP contribution in [0.25, 0.3) is 5.52 Å². The van der Waals surface area contributed by atoms with Crippen molar-refractivity contribution in [3.8, 4) is 0 Å². The van der Waals surface area contributed by atoms with Crippen molar-refractivity contribution in [2.24, 2.45) is 5.92 Å². The van der Waals surface area contributed by atoms with E-state index in [1.54, 1.807) is 21.8 Å². The molecule has 0 aromatic carbocycles. The number of hydrogen-bond acceptors (Lipinski definition) is 3. The minimum Gasteiger partial charge on any atom is -0.481 e. The van der Waals surface area contributed by atoms with Crippen molar-refractivity contribution in [3.05, 3.63) is 36.2 Å². The Balaban J connectivity index is 1.71. The van der Waals surface area contributed by atoms with Crippen LogP contribution < -0.4 is 0 Å². The largest absolute Gasteiger partial charge is 0.481 e. The number of carbonyl (C=O) groups is 2. The summed E-state index contributed by atoms with van der Waals surface area (Å²) in [4.78, 5) is 25.9. The lowest BCUT2D eigenvalue weighted by Crippen LogP contribution is -2.37. The first-order chi connectivity index (χ1) is 10.2. The monoisotopic (exact) mass is 285 g/mol. The van der Waals surface area contributed by atoms with Crippen LogP contribution in [-0.4, -0.2) is 43.6 Å². The Bertz CT molecular complexity index is 739. The maximum Gasteiger partial charge on any atom is 0.308 e. The van der Waals surface area contributed by atoms with E-state index in [1.807, 2.05) is 18.2 Å². The highest BCUT2D eigenvalue weighted by molar-refractivity contribution is 6.01. The predicted octanol–water partition coefficient (Wildman–Crippen LogP) is 1.41. The summed E-state index contributed by atoms with van der Waals surface area (Å²) in [6.45, 7) is 0. The van der Waals surface area contributed by atoms with Gasteiger partial charge in [-0.15, -0.1) is 0 Å². The molecule has 2 aromatic heterocycles. The Morgan fingerprint density at radius 1 is 1.29 bits per heavy atom. The van der Waals surface area contributed by atoms with Crippen LogP contribution in [-0.2, 0) is 4.79 Å². The lowest BCUT2D eigenvalue weighted by atomic mass is 9.89. The van der Waals surface area contributed by atoms with E-state index in [4.69, 9.17) is 0 Å². The third kappa shape index (κ3) is 1.68. The molecule has 2 aliphatic rings. The molecule has 1 amide bonds. The van der Waals surface area contributed by atoms with Crippen LogP contribution in [0.1, 0.15) is 29.6 Å². The van der Waals surface area contributed by atoms with Gasteiger partial charge in [0.2, 0.25) is 0 Å². The number of carboxylic acids is 1. The van der Waals surface area contributed by atoms with Gasteiger partial charge in [-0.2, -0.15) is 5.10 Å². The number of aromatic nitrogens is 2. The number of nitrogens with zero attached hydrogens (tertiary/aromatic N) is 3. The zero-order valence-corrected chi connectivity index (χ0v) is 11.3. The minimum absolute atomic E-state index is 0.0577. The van der Waals surface area contributed by atoms with Gasteiger partial charge in [0.15, 0.2) is 0 Å². The second-order valence-electron chi connectivity index (χ2n) is 5.78. The van der Waals surface area contributed by atoms with Crippen molar-refractivity contribution >= 4 is 17.4 Å². The summed E-state index contributed by atoms with van der Waals surface area (Å²) in [5.74, 6) is -1.30. The molecule has 6 nitrogen and oxygen atoms in total. The molecule has 2 aliphatic heterocycles. The summed E-state index contributed by atoms with van der Waals surface area (Å²) in [6.07, 6.45) is 5.63. The molecule has 2 saturated heterocycles. The van der Waals surface area contributed by atoms with Crippen molar-refractivity contribution in [2.75, 3.05) is 0 Å². The van der Waals surface area contributed by atoms with Crippen LogP contribution in [0.5, 0.6) is 0 Å². The Kier molecular flexibility index (Phi) is 2.54. The number of amides is 1. The normalized spacial score (nSPS) is 27.4. The third-order valence-electron chi connectivity index (χ3n) is 4.75. The number of carboxylic acid groups (broad SMARTS) is 1. The van der Waals surface area contributed by atoms with E-state index in [-0.39, 0.29) is 18.0 Å². The Morgan fingerprint density at radius 2 is 2.14 bits per heavy atom. The number of aliphatic carboxylic acids is 1. The van der Waals surface area contributed by atoms with Gasteiger partial charge in [0.1, 0.15) is 0 Å². The molecule has 2 bridgehead atoms. The van der Waals surface area contributed by atoms with Gasteiger partial charge in [-0.05, 0) is 31.4 Å². The van der Waals surface area contributed by atoms with Crippen molar-refractivity contribution in [3.63, 3.8) is 0 Å². The smallest absolute Gasteiger partial charge is 0.308 e. The molecule has 0 aliphatic carbocycles. The fourth-order valence-electron chi connectivity index (χ4n) is 3.81. The first-order valence-corrected chi connectivity index (χ1v) is 7.14. The van der Waals surface area contributed by atoms with Crippen molar-refractivity contribution in [2.45, 2.75) is 31.3 Å². The molecule has 0 saturated carbocycles. The van der Waals surface area contributed by atoms with Crippen LogP contribution in [0.15, 0.2) is 30.6 Å². The van der Waals surface area contributed by atoms with E-state index in [2.05, 4.69) is 5.10 Å². The molecule has 0 radical (unpaired) electrons. The van der Waals surface area contributed by atoms with Gasteiger partial charge in [-0.3, -0.25) is 9.59 Å². The molecule has 108 valence electrons. The summed E-state index contributed by atoms with van der Waals surface area (Å²) >= 11 is 0. The van der Waals surface area contributed by atoms with Crippen LogP contribution in [0.4, 0.5) is 0 Å². The fourth-order valence-corrected chi connectivity index (χ4v) is 3.81. The molecule has 4 heterocycles. The molecular formula is C15H15N3O3. The highest BCUT2D eigenvalue weighted by atomic mass is 16.4. The number of hydrogen-bond donors (Lipinski definition) is 1. The van der Waals surface area contributed by atoms with Gasteiger partial charge in [0, 0.05) is 18.3 Å². The van der Waals surface area contributed by atoms with E-state index < -0.39 is 11.9 Å². The van der Waals surface area contributed by atoms with Crippen LogP contribution in [0.2, 0.25) is 0 Å². The van der Waals surface area contributed by atoms with Gasteiger partial charge in [0.05, 0.1) is 23.2 Å². The molecule has 3 atom stereocenters. The maximum atomic E-state index is 12.8. The number of fused-ring (bicyclic) bond motifs is 3. The van der Waals surface area contributed by atoms with Gasteiger partial charge in [-0.1, -0.05) is 6.07 Å². The first kappa shape index (κ1) is 12.4. The van der Waals surface area contributed by atoms with Gasteiger partial charge < -0.3 is 10.0 Å².